The number of piperidine rings is 1. The zero-order chi connectivity index (χ0) is 34.4. The van der Waals surface area contributed by atoms with Gasteiger partial charge in [0.05, 0.1) is 42.3 Å². The minimum absolute atomic E-state index is 0.109. The molecule has 4 rings (SSSR count). The summed E-state index contributed by atoms with van der Waals surface area (Å²) in [6, 6.07) is 8.01. The number of benzene rings is 1. The Hall–Kier alpha value is -3.25. The van der Waals surface area contributed by atoms with Crippen molar-refractivity contribution in [1.82, 2.24) is 14.6 Å². The number of ether oxygens (including phenoxy) is 5. The first-order valence-corrected chi connectivity index (χ1v) is 16.9. The normalized spacial score (nSPS) is 16.3. The first-order valence-electron chi connectivity index (χ1n) is 16.9. The Morgan fingerprint density at radius 1 is 1.11 bits per heavy atom. The molecule has 3 heterocycles. The van der Waals surface area contributed by atoms with Gasteiger partial charge in [0.2, 0.25) is 0 Å². The summed E-state index contributed by atoms with van der Waals surface area (Å²) >= 11 is 0. The van der Waals surface area contributed by atoms with Crippen molar-refractivity contribution in [2.45, 2.75) is 118 Å². The zero-order valence-corrected chi connectivity index (χ0v) is 29.9. The number of esters is 1. The van der Waals surface area contributed by atoms with E-state index in [-0.39, 0.29) is 24.9 Å². The third kappa shape index (κ3) is 9.43. The number of rotatable bonds is 15. The minimum atomic E-state index is -0.980. The highest BCUT2D eigenvalue weighted by Gasteiger charge is 2.38. The predicted octanol–water partition coefficient (Wildman–Crippen LogP) is 5.99. The molecule has 1 fully saturated rings. The molecule has 260 valence electrons. The van der Waals surface area contributed by atoms with Crippen molar-refractivity contribution in [2.24, 2.45) is 5.73 Å². The fraction of sp³-hybridized carbons (Fsp3) is 0.639. The van der Waals surface area contributed by atoms with Crippen LogP contribution >= 0.6 is 0 Å². The fourth-order valence-corrected chi connectivity index (χ4v) is 5.75. The second-order valence-electron chi connectivity index (χ2n) is 13.8. The molecule has 11 heteroatoms. The Balaban J connectivity index is 1.70. The number of hydrogen-bond donors (Lipinski definition) is 1. The molecule has 2 aromatic heterocycles. The van der Waals surface area contributed by atoms with Crippen LogP contribution in [0.25, 0.3) is 5.65 Å². The summed E-state index contributed by atoms with van der Waals surface area (Å²) < 4.78 is 32.3. The van der Waals surface area contributed by atoms with Gasteiger partial charge in [0.1, 0.15) is 17.7 Å². The van der Waals surface area contributed by atoms with E-state index >= 15 is 0 Å². The predicted molar refractivity (Wildman–Crippen MR) is 183 cm³/mol. The lowest BCUT2D eigenvalue weighted by Gasteiger charge is -2.41. The number of aryl methyl sites for hydroxylation is 2. The summed E-state index contributed by atoms with van der Waals surface area (Å²) in [6.45, 7) is 21.3. The summed E-state index contributed by atoms with van der Waals surface area (Å²) in [5, 5.41) is 4.99. The van der Waals surface area contributed by atoms with Crippen LogP contribution in [0.15, 0.2) is 24.3 Å². The summed E-state index contributed by atoms with van der Waals surface area (Å²) in [5.74, 6) is 1.10. The monoisotopic (exact) mass is 653 g/mol. The molecular formula is C36H55N5O6. The van der Waals surface area contributed by atoms with E-state index in [1.54, 1.807) is 6.92 Å². The highest BCUT2D eigenvalue weighted by molar-refractivity contribution is 5.80. The largest absolute Gasteiger partial charge is 0.489 e. The van der Waals surface area contributed by atoms with Gasteiger partial charge in [-0.3, -0.25) is 0 Å². The molecule has 1 aliphatic heterocycles. The molecule has 11 nitrogen and oxygen atoms in total. The van der Waals surface area contributed by atoms with Gasteiger partial charge in [0.25, 0.3) is 0 Å². The Morgan fingerprint density at radius 2 is 1.83 bits per heavy atom. The lowest BCUT2D eigenvalue weighted by atomic mass is 9.92. The zero-order valence-electron chi connectivity index (χ0n) is 29.9. The van der Waals surface area contributed by atoms with Crippen molar-refractivity contribution < 1.29 is 28.5 Å². The van der Waals surface area contributed by atoms with Gasteiger partial charge in [0.15, 0.2) is 11.8 Å². The Kier molecular flexibility index (Phi) is 12.3. The van der Waals surface area contributed by atoms with E-state index in [2.05, 4.69) is 18.7 Å². The standard InChI is InChI=1S/C36H55N5O6/c1-10-18-45-36(9)14-16-40(17-15-36)33-31(32(34(42)44-11-2)47-35(6,7)8)26(5)38-30-20-28(39-41(30)33)23-43-22-27-13-12-24(3)19-29(27)46-25(4)21-37/h12-13,19-20,25,32H,10-11,14-18,21-23,37H2,1-9H3/t25-,32-/m0/s1. The number of hydrogen-bond acceptors (Lipinski definition) is 10. The van der Waals surface area contributed by atoms with Gasteiger partial charge in [0, 0.05) is 43.6 Å². The van der Waals surface area contributed by atoms with Crippen LogP contribution < -0.4 is 15.4 Å². The Labute approximate surface area is 280 Å². The quantitative estimate of drug-likeness (QED) is 0.196. The van der Waals surface area contributed by atoms with Gasteiger partial charge < -0.3 is 34.3 Å². The third-order valence-corrected chi connectivity index (χ3v) is 8.25. The molecule has 0 saturated carbocycles. The molecular weight excluding hydrogens is 598 g/mol. The molecule has 0 spiro atoms. The van der Waals surface area contributed by atoms with E-state index in [4.69, 9.17) is 39.5 Å². The Morgan fingerprint density at radius 3 is 2.47 bits per heavy atom. The number of anilines is 1. The second-order valence-corrected chi connectivity index (χ2v) is 13.8. The molecule has 2 atom stereocenters. The van der Waals surface area contributed by atoms with Gasteiger partial charge in [-0.25, -0.2) is 9.78 Å². The first-order chi connectivity index (χ1) is 22.3. The van der Waals surface area contributed by atoms with Gasteiger partial charge in [-0.15, -0.1) is 0 Å². The topological polar surface area (TPSA) is 123 Å². The number of carbonyl (C=O) groups is 1. The smallest absolute Gasteiger partial charge is 0.340 e. The van der Waals surface area contributed by atoms with Gasteiger partial charge >= 0.3 is 5.97 Å². The average molecular weight is 654 g/mol. The SMILES string of the molecule is CCCOC1(C)CCN(c2c([C@H](OC(C)(C)C)C(=O)OCC)c(C)nc3cc(COCc4ccc(C)cc4O[C@@H](C)CN)nn23)CC1. The van der Waals surface area contributed by atoms with E-state index < -0.39 is 17.7 Å². The van der Waals surface area contributed by atoms with Gasteiger partial charge in [-0.05, 0) is 86.3 Å². The minimum Gasteiger partial charge on any atom is -0.489 e. The van der Waals surface area contributed by atoms with Crippen molar-refractivity contribution in [3.8, 4) is 5.75 Å². The molecule has 2 N–H and O–H groups in total. The average Bonchev–Trinajstić information content (AvgIpc) is 3.41. The molecule has 0 aliphatic carbocycles. The Bertz CT molecular complexity index is 1490. The number of nitrogens with two attached hydrogens (primary N) is 1. The van der Waals surface area contributed by atoms with E-state index in [1.807, 2.05) is 70.3 Å². The molecule has 1 aliphatic rings. The summed E-state index contributed by atoms with van der Waals surface area (Å²) in [5.41, 5.74) is 9.76. The van der Waals surface area contributed by atoms with E-state index in [0.29, 0.717) is 30.1 Å². The maximum atomic E-state index is 13.5. The highest BCUT2D eigenvalue weighted by Crippen LogP contribution is 2.38. The van der Waals surface area contributed by atoms with Crippen LogP contribution in [0.5, 0.6) is 5.75 Å². The fourth-order valence-electron chi connectivity index (χ4n) is 5.75. The maximum absolute atomic E-state index is 13.5. The van der Waals surface area contributed by atoms with Crippen LogP contribution in [-0.2, 0) is 37.0 Å². The van der Waals surface area contributed by atoms with E-state index in [9.17, 15) is 4.79 Å². The van der Waals surface area contributed by atoms with Crippen molar-refractivity contribution in [3.63, 3.8) is 0 Å². The van der Waals surface area contributed by atoms with Crippen molar-refractivity contribution in [2.75, 3.05) is 37.7 Å². The van der Waals surface area contributed by atoms with Crippen LogP contribution in [-0.4, -0.2) is 70.7 Å². The molecule has 47 heavy (non-hydrogen) atoms. The molecule has 0 amide bonds. The lowest BCUT2D eigenvalue weighted by Crippen LogP contribution is -2.46. The third-order valence-electron chi connectivity index (χ3n) is 8.25. The van der Waals surface area contributed by atoms with Gasteiger partial charge in [-0.1, -0.05) is 19.1 Å². The number of nitrogens with zero attached hydrogens (tertiary/aromatic N) is 4. The van der Waals surface area contributed by atoms with Crippen LogP contribution in [0.1, 0.15) is 102 Å². The molecule has 0 radical (unpaired) electrons. The first kappa shape index (κ1) is 36.6. The molecule has 1 aromatic carbocycles. The summed E-state index contributed by atoms with van der Waals surface area (Å²) in [4.78, 5) is 20.7. The van der Waals surface area contributed by atoms with Crippen LogP contribution in [0.4, 0.5) is 5.82 Å². The van der Waals surface area contributed by atoms with Crippen LogP contribution in [0.3, 0.4) is 0 Å². The van der Waals surface area contributed by atoms with E-state index in [1.165, 1.54) is 0 Å². The van der Waals surface area contributed by atoms with Crippen LogP contribution in [0, 0.1) is 13.8 Å². The molecule has 0 unspecified atom stereocenters. The van der Waals surface area contributed by atoms with E-state index in [0.717, 1.165) is 67.3 Å². The highest BCUT2D eigenvalue weighted by atomic mass is 16.6. The molecule has 0 bridgehead atoms. The number of aromatic nitrogens is 3. The summed E-state index contributed by atoms with van der Waals surface area (Å²) in [7, 11) is 0. The van der Waals surface area contributed by atoms with Crippen molar-refractivity contribution >= 4 is 17.4 Å². The molecule has 3 aromatic rings. The summed E-state index contributed by atoms with van der Waals surface area (Å²) in [6.07, 6.45) is 1.55. The number of carbonyl (C=O) groups excluding carboxylic acids is 1. The molecule has 1 saturated heterocycles. The van der Waals surface area contributed by atoms with Gasteiger partial charge in [-0.2, -0.15) is 9.61 Å². The van der Waals surface area contributed by atoms with Crippen molar-refractivity contribution in [1.29, 1.82) is 0 Å². The van der Waals surface area contributed by atoms with Crippen molar-refractivity contribution in [3.05, 3.63) is 52.3 Å². The number of fused-ring (bicyclic) bond motifs is 1. The van der Waals surface area contributed by atoms with Crippen LogP contribution in [0.2, 0.25) is 0 Å². The second kappa shape index (κ2) is 15.8. The lowest BCUT2D eigenvalue weighted by molar-refractivity contribution is -0.166. The maximum Gasteiger partial charge on any atom is 0.340 e.